The van der Waals surface area contributed by atoms with E-state index in [-0.39, 0.29) is 24.5 Å². The second-order valence-corrected chi connectivity index (χ2v) is 3.58. The van der Waals surface area contributed by atoms with Crippen LogP contribution in [0.2, 0.25) is 0 Å². The first-order valence-electron chi connectivity index (χ1n) is 5.28. The number of amides is 1. The third-order valence-corrected chi connectivity index (χ3v) is 2.15. The number of nitrogens with zero attached hydrogens (tertiary/aromatic N) is 1. The van der Waals surface area contributed by atoms with Crippen molar-refractivity contribution >= 4 is 5.91 Å². The lowest BCUT2D eigenvalue weighted by Gasteiger charge is -2.13. The Morgan fingerprint density at radius 1 is 1.67 bits per heavy atom. The average molecular weight is 252 g/mol. The van der Waals surface area contributed by atoms with Gasteiger partial charge in [0.05, 0.1) is 12.2 Å². The van der Waals surface area contributed by atoms with Crippen LogP contribution in [0.4, 0.5) is 4.39 Å². The molecule has 1 amide bonds. The first-order valence-corrected chi connectivity index (χ1v) is 5.28. The second kappa shape index (κ2) is 6.57. The van der Waals surface area contributed by atoms with E-state index in [9.17, 15) is 14.3 Å². The zero-order valence-corrected chi connectivity index (χ0v) is 9.81. The maximum absolute atomic E-state index is 13.0. The van der Waals surface area contributed by atoms with Gasteiger partial charge in [0.15, 0.2) is 6.61 Å². The van der Waals surface area contributed by atoms with E-state index in [1.807, 2.05) is 0 Å². The van der Waals surface area contributed by atoms with E-state index in [0.29, 0.717) is 0 Å². The predicted molar refractivity (Wildman–Crippen MR) is 61.2 cm³/mol. The Labute approximate surface area is 104 Å². The van der Waals surface area contributed by atoms with Gasteiger partial charge in [-0.15, -0.1) is 0 Å². The second-order valence-electron chi connectivity index (χ2n) is 3.58. The van der Waals surface area contributed by atoms with Crippen molar-refractivity contribution in [2.75, 3.05) is 13.2 Å². The Kier molecular flexibility index (Phi) is 5.08. The van der Waals surface area contributed by atoms with Gasteiger partial charge in [0, 0.05) is 5.56 Å². The summed E-state index contributed by atoms with van der Waals surface area (Å²) in [5.74, 6) is -0.719. The van der Waals surface area contributed by atoms with Gasteiger partial charge in [-0.1, -0.05) is 0 Å². The average Bonchev–Trinajstić information content (AvgIpc) is 2.34. The van der Waals surface area contributed by atoms with Crippen molar-refractivity contribution in [2.45, 2.75) is 13.0 Å². The highest BCUT2D eigenvalue weighted by Gasteiger charge is 2.11. The van der Waals surface area contributed by atoms with Crippen LogP contribution in [0.3, 0.4) is 0 Å². The van der Waals surface area contributed by atoms with E-state index in [4.69, 9.17) is 10.00 Å². The lowest BCUT2D eigenvalue weighted by Crippen LogP contribution is -2.29. The van der Waals surface area contributed by atoms with Crippen molar-refractivity contribution in [2.24, 2.45) is 0 Å². The van der Waals surface area contributed by atoms with Crippen molar-refractivity contribution in [3.8, 4) is 11.8 Å². The largest absolute Gasteiger partial charge is 0.483 e. The summed E-state index contributed by atoms with van der Waals surface area (Å²) in [4.78, 5) is 11.2. The summed E-state index contributed by atoms with van der Waals surface area (Å²) < 4.78 is 18.2. The first kappa shape index (κ1) is 13.9. The number of carbonyl (C=O) groups is 1. The number of halogens is 1. The van der Waals surface area contributed by atoms with Crippen LogP contribution in [0.25, 0.3) is 0 Å². The Balaban J connectivity index is 2.67. The molecule has 1 rings (SSSR count). The van der Waals surface area contributed by atoms with Gasteiger partial charge in [0.2, 0.25) is 0 Å². The van der Waals surface area contributed by atoms with E-state index < -0.39 is 17.8 Å². The summed E-state index contributed by atoms with van der Waals surface area (Å²) >= 11 is 0. The van der Waals surface area contributed by atoms with Crippen molar-refractivity contribution < 1.29 is 19.0 Å². The summed E-state index contributed by atoms with van der Waals surface area (Å²) in [6, 6.07) is 5.42. The van der Waals surface area contributed by atoms with Crippen molar-refractivity contribution in [3.05, 3.63) is 29.6 Å². The van der Waals surface area contributed by atoms with Gasteiger partial charge < -0.3 is 15.2 Å². The molecule has 0 radical (unpaired) electrons. The summed E-state index contributed by atoms with van der Waals surface area (Å²) in [5.41, 5.74) is 0.267. The van der Waals surface area contributed by atoms with Gasteiger partial charge >= 0.3 is 0 Å². The van der Waals surface area contributed by atoms with Crippen LogP contribution >= 0.6 is 0 Å². The molecule has 0 saturated heterocycles. The topological polar surface area (TPSA) is 82.3 Å². The van der Waals surface area contributed by atoms with Gasteiger partial charge in [0.1, 0.15) is 18.1 Å². The lowest BCUT2D eigenvalue weighted by molar-refractivity contribution is -0.122. The summed E-state index contributed by atoms with van der Waals surface area (Å²) in [6.07, 6.45) is -0.905. The van der Waals surface area contributed by atoms with E-state index in [2.05, 4.69) is 5.32 Å². The molecule has 0 aliphatic rings. The Morgan fingerprint density at radius 2 is 2.39 bits per heavy atom. The van der Waals surface area contributed by atoms with Crippen LogP contribution in [-0.4, -0.2) is 24.2 Å². The Morgan fingerprint density at radius 3 is 3.00 bits per heavy atom. The van der Waals surface area contributed by atoms with E-state index >= 15 is 0 Å². The molecule has 0 saturated carbocycles. The minimum absolute atomic E-state index is 0.102. The molecule has 1 aromatic carbocycles. The van der Waals surface area contributed by atoms with Gasteiger partial charge in [-0.25, -0.2) is 4.39 Å². The minimum atomic E-state index is -0.905. The molecule has 5 nitrogen and oxygen atoms in total. The third kappa shape index (κ3) is 4.03. The van der Waals surface area contributed by atoms with Crippen LogP contribution in [0, 0.1) is 17.1 Å². The molecular formula is C12H13FN2O3. The van der Waals surface area contributed by atoms with E-state index in [0.717, 1.165) is 6.07 Å². The molecule has 1 atom stereocenters. The normalized spacial score (nSPS) is 11.4. The number of hydrogen-bond acceptors (Lipinski definition) is 4. The molecule has 1 aromatic rings. The molecule has 0 aromatic heterocycles. The van der Waals surface area contributed by atoms with Crippen LogP contribution < -0.4 is 10.1 Å². The number of nitriles is 1. The molecule has 96 valence electrons. The highest BCUT2D eigenvalue weighted by atomic mass is 19.1. The maximum atomic E-state index is 13.0. The molecule has 0 heterocycles. The van der Waals surface area contributed by atoms with Gasteiger partial charge in [0.25, 0.3) is 5.91 Å². The Bertz CT molecular complexity index is 469. The number of aliphatic hydroxyl groups is 1. The molecule has 6 heteroatoms. The number of benzene rings is 1. The molecule has 0 fully saturated rings. The summed E-state index contributed by atoms with van der Waals surface area (Å²) in [7, 11) is 0. The highest BCUT2D eigenvalue weighted by Crippen LogP contribution is 2.25. The predicted octanol–water partition coefficient (Wildman–Crippen LogP) is 0.898. The number of nitrogens with one attached hydrogen (secondary N) is 1. The zero-order valence-electron chi connectivity index (χ0n) is 9.81. The van der Waals surface area contributed by atoms with Crippen LogP contribution in [0.15, 0.2) is 18.2 Å². The molecule has 0 aliphatic heterocycles. The zero-order chi connectivity index (χ0) is 13.5. The molecule has 1 unspecified atom stereocenters. The van der Waals surface area contributed by atoms with Gasteiger partial charge in [-0.3, -0.25) is 4.79 Å². The first-order chi connectivity index (χ1) is 8.54. The third-order valence-electron chi connectivity index (χ3n) is 2.15. The quantitative estimate of drug-likeness (QED) is 0.763. The van der Waals surface area contributed by atoms with Crippen LogP contribution in [-0.2, 0) is 4.79 Å². The standard InChI is InChI=1S/C12H13FN2O3/c1-8(16)10-6-9(13)2-3-11(10)18-7-12(17)15-5-4-14/h2-3,6,8,16H,5,7H2,1H3,(H,15,17). The summed E-state index contributed by atoms with van der Waals surface area (Å²) in [5, 5.41) is 20.0. The maximum Gasteiger partial charge on any atom is 0.258 e. The number of carbonyl (C=O) groups excluding carboxylic acids is 1. The van der Waals surface area contributed by atoms with Crippen LogP contribution in [0.5, 0.6) is 5.75 Å². The van der Waals surface area contributed by atoms with E-state index in [1.54, 1.807) is 6.07 Å². The Hall–Kier alpha value is -2.13. The van der Waals surface area contributed by atoms with E-state index in [1.165, 1.54) is 19.1 Å². The molecular weight excluding hydrogens is 239 g/mol. The smallest absolute Gasteiger partial charge is 0.258 e. The van der Waals surface area contributed by atoms with Crippen molar-refractivity contribution in [1.82, 2.24) is 5.32 Å². The lowest BCUT2D eigenvalue weighted by atomic mass is 10.1. The minimum Gasteiger partial charge on any atom is -0.483 e. The number of hydrogen-bond donors (Lipinski definition) is 2. The summed E-state index contributed by atoms with van der Waals surface area (Å²) in [6.45, 7) is 1.07. The monoisotopic (exact) mass is 252 g/mol. The van der Waals surface area contributed by atoms with Gasteiger partial charge in [-0.05, 0) is 25.1 Å². The van der Waals surface area contributed by atoms with Crippen LogP contribution in [0.1, 0.15) is 18.6 Å². The number of rotatable bonds is 5. The molecule has 0 bridgehead atoms. The number of ether oxygens (including phenoxy) is 1. The number of aliphatic hydroxyl groups excluding tert-OH is 1. The van der Waals surface area contributed by atoms with Gasteiger partial charge in [-0.2, -0.15) is 5.26 Å². The molecule has 0 aliphatic carbocycles. The SMILES string of the molecule is CC(O)c1cc(F)ccc1OCC(=O)NCC#N. The molecule has 18 heavy (non-hydrogen) atoms. The van der Waals surface area contributed by atoms with Crippen molar-refractivity contribution in [1.29, 1.82) is 5.26 Å². The highest BCUT2D eigenvalue weighted by molar-refractivity contribution is 5.77. The fourth-order valence-corrected chi connectivity index (χ4v) is 1.31. The van der Waals surface area contributed by atoms with Crippen molar-refractivity contribution in [3.63, 3.8) is 0 Å². The molecule has 0 spiro atoms. The fourth-order valence-electron chi connectivity index (χ4n) is 1.31. The molecule has 2 N–H and O–H groups in total. The fraction of sp³-hybridized carbons (Fsp3) is 0.333.